The van der Waals surface area contributed by atoms with Gasteiger partial charge in [0.1, 0.15) is 6.10 Å². The minimum absolute atomic E-state index is 0.153. The van der Waals surface area contributed by atoms with E-state index in [4.69, 9.17) is 4.74 Å². The number of Topliss-reactive ketones (excluding diaryl/α,β-unsaturated/α-hetero) is 1. The van der Waals surface area contributed by atoms with Crippen LogP contribution in [0.15, 0.2) is 42.0 Å². The molecule has 0 saturated heterocycles. The van der Waals surface area contributed by atoms with Gasteiger partial charge in [-0.3, -0.25) is 4.79 Å². The maximum absolute atomic E-state index is 12.6. The van der Waals surface area contributed by atoms with Gasteiger partial charge in [0.2, 0.25) is 0 Å². The number of allylic oxidation sites excluding steroid dienone is 1. The lowest BCUT2D eigenvalue weighted by atomic mass is 9.64. The van der Waals surface area contributed by atoms with Crippen molar-refractivity contribution >= 4 is 11.8 Å². The Morgan fingerprint density at radius 1 is 1.22 bits per heavy atom. The minimum Gasteiger partial charge on any atom is -0.460 e. The summed E-state index contributed by atoms with van der Waals surface area (Å²) in [5, 5.41) is 10.3. The van der Waals surface area contributed by atoms with Crippen molar-refractivity contribution in [3.8, 4) is 0 Å². The summed E-state index contributed by atoms with van der Waals surface area (Å²) in [5.74, 6) is -0.210. The Morgan fingerprint density at radius 2 is 1.93 bits per heavy atom. The third kappa shape index (κ3) is 4.16. The van der Waals surface area contributed by atoms with Crippen molar-refractivity contribution < 1.29 is 19.4 Å². The van der Waals surface area contributed by atoms with Crippen molar-refractivity contribution in [3.63, 3.8) is 0 Å². The average Bonchev–Trinajstić information content (AvgIpc) is 3.07. The molecular weight excluding hydrogens is 340 g/mol. The summed E-state index contributed by atoms with van der Waals surface area (Å²) < 4.78 is 5.82. The molecule has 4 heteroatoms. The topological polar surface area (TPSA) is 63.6 Å². The molecule has 1 fully saturated rings. The Hall–Kier alpha value is -1.94. The van der Waals surface area contributed by atoms with E-state index in [1.165, 1.54) is 5.56 Å². The third-order valence-corrected chi connectivity index (χ3v) is 6.34. The van der Waals surface area contributed by atoms with Crippen molar-refractivity contribution in [1.29, 1.82) is 0 Å². The van der Waals surface area contributed by atoms with Gasteiger partial charge in [0.05, 0.1) is 0 Å². The van der Waals surface area contributed by atoms with Crippen LogP contribution in [0.1, 0.15) is 58.4 Å². The number of carbonyl (C=O) groups is 2. The highest BCUT2D eigenvalue weighted by molar-refractivity contribution is 6.03. The van der Waals surface area contributed by atoms with Gasteiger partial charge in [-0.2, -0.15) is 0 Å². The van der Waals surface area contributed by atoms with Crippen LogP contribution in [0.4, 0.5) is 0 Å². The van der Waals surface area contributed by atoms with Crippen LogP contribution >= 0.6 is 0 Å². The van der Waals surface area contributed by atoms with Crippen LogP contribution in [0.3, 0.4) is 0 Å². The second kappa shape index (κ2) is 7.97. The first-order chi connectivity index (χ1) is 12.8. The first kappa shape index (κ1) is 19.8. The van der Waals surface area contributed by atoms with Gasteiger partial charge in [-0.1, -0.05) is 63.6 Å². The fraction of sp³-hybridized carbons (Fsp3) is 0.565. The number of rotatable bonds is 5. The summed E-state index contributed by atoms with van der Waals surface area (Å²) in [6, 6.07) is 10.3. The Morgan fingerprint density at radius 3 is 2.56 bits per heavy atom. The molecule has 3 rings (SSSR count). The summed E-state index contributed by atoms with van der Waals surface area (Å²) in [7, 11) is 0. The van der Waals surface area contributed by atoms with E-state index >= 15 is 0 Å². The minimum atomic E-state index is -1.46. The van der Waals surface area contributed by atoms with E-state index in [1.54, 1.807) is 6.08 Å². The van der Waals surface area contributed by atoms with Crippen molar-refractivity contribution in [3.05, 3.63) is 47.5 Å². The molecule has 1 aromatic carbocycles. The molecule has 1 aromatic rings. The lowest BCUT2D eigenvalue weighted by molar-refractivity contribution is -0.165. The molecule has 0 radical (unpaired) electrons. The van der Waals surface area contributed by atoms with Crippen LogP contribution < -0.4 is 0 Å². The molecule has 27 heavy (non-hydrogen) atoms. The highest BCUT2D eigenvalue weighted by atomic mass is 16.6. The van der Waals surface area contributed by atoms with E-state index in [0.29, 0.717) is 18.8 Å². The first-order valence-electron chi connectivity index (χ1n) is 9.98. The van der Waals surface area contributed by atoms with Gasteiger partial charge in [0.25, 0.3) is 0 Å². The maximum atomic E-state index is 12.6. The quantitative estimate of drug-likeness (QED) is 0.797. The molecule has 0 unspecified atom stereocenters. The molecule has 0 heterocycles. The fourth-order valence-corrected chi connectivity index (χ4v) is 4.59. The Kier molecular flexibility index (Phi) is 5.85. The summed E-state index contributed by atoms with van der Waals surface area (Å²) in [4.78, 5) is 24.4. The molecule has 0 spiro atoms. The van der Waals surface area contributed by atoms with E-state index in [1.807, 2.05) is 18.2 Å². The number of ether oxygens (including phenoxy) is 1. The molecule has 2 aliphatic rings. The monoisotopic (exact) mass is 370 g/mol. The van der Waals surface area contributed by atoms with E-state index in [9.17, 15) is 14.7 Å². The van der Waals surface area contributed by atoms with E-state index in [-0.39, 0.29) is 28.8 Å². The van der Waals surface area contributed by atoms with Crippen LogP contribution in [0.25, 0.3) is 0 Å². The number of hydrogen-bond donors (Lipinski definition) is 1. The lowest BCUT2D eigenvalue weighted by Crippen LogP contribution is -2.45. The molecule has 4 atom stereocenters. The molecule has 2 aliphatic carbocycles. The molecular formula is C23H30O4. The molecule has 0 aromatic heterocycles. The predicted molar refractivity (Wildman–Crippen MR) is 104 cm³/mol. The van der Waals surface area contributed by atoms with Gasteiger partial charge < -0.3 is 9.84 Å². The van der Waals surface area contributed by atoms with Crippen molar-refractivity contribution in [2.45, 2.75) is 70.5 Å². The smallest absolute Gasteiger partial charge is 0.340 e. The fourth-order valence-electron chi connectivity index (χ4n) is 4.59. The number of aliphatic hydroxyl groups is 1. The number of carbonyl (C=O) groups excluding carboxylic acids is 2. The normalized spacial score (nSPS) is 27.2. The second-order valence-corrected chi connectivity index (χ2v) is 8.61. The summed E-state index contributed by atoms with van der Waals surface area (Å²) in [5.41, 5.74) is 1.27. The van der Waals surface area contributed by atoms with E-state index in [0.717, 1.165) is 19.3 Å². The van der Waals surface area contributed by atoms with Gasteiger partial charge in [-0.25, -0.2) is 4.79 Å². The Bertz CT molecular complexity index is 719. The van der Waals surface area contributed by atoms with E-state index < -0.39 is 12.1 Å². The zero-order valence-electron chi connectivity index (χ0n) is 16.5. The standard InChI is InChI=1S/C23H30O4/c1-15-12-13-18(23(2,3)16-8-5-4-6-9-16)20(14-15)27-22(26)21(25)17-10-7-11-19(17)24/h4-6,8-10,15,18,20-21,25H,7,11-14H2,1-3H3/t15-,18-,20-,21+/m1/s1. The van der Waals surface area contributed by atoms with Crippen molar-refractivity contribution in [1.82, 2.24) is 0 Å². The molecule has 0 amide bonds. The SMILES string of the molecule is C[C@@H]1CC[C@@H](C(C)(C)c2ccccc2)[C@H](OC(=O)[C@@H](O)C2=CCCC2=O)C1. The van der Waals surface area contributed by atoms with Crippen molar-refractivity contribution in [2.75, 3.05) is 0 Å². The van der Waals surface area contributed by atoms with Crippen LogP contribution in [-0.2, 0) is 19.7 Å². The van der Waals surface area contributed by atoms with Gasteiger partial charge in [0, 0.05) is 17.9 Å². The van der Waals surface area contributed by atoms with Gasteiger partial charge >= 0.3 is 5.97 Å². The first-order valence-corrected chi connectivity index (χ1v) is 9.98. The summed E-state index contributed by atoms with van der Waals surface area (Å²) in [6.45, 7) is 6.57. The number of hydrogen-bond acceptors (Lipinski definition) is 4. The maximum Gasteiger partial charge on any atom is 0.340 e. The van der Waals surface area contributed by atoms with Gasteiger partial charge in [-0.05, 0) is 36.2 Å². The summed E-state index contributed by atoms with van der Waals surface area (Å²) in [6.07, 6.45) is 3.74. The highest BCUT2D eigenvalue weighted by Gasteiger charge is 2.43. The third-order valence-electron chi connectivity index (χ3n) is 6.34. The number of benzene rings is 1. The number of ketones is 1. The molecule has 1 N–H and O–H groups in total. The molecule has 0 aliphatic heterocycles. The highest BCUT2D eigenvalue weighted by Crippen LogP contribution is 2.43. The van der Waals surface area contributed by atoms with Gasteiger partial charge in [0.15, 0.2) is 11.9 Å². The predicted octanol–water partition coefficient (Wildman–Crippen LogP) is 3.96. The van der Waals surface area contributed by atoms with Crippen LogP contribution in [0.2, 0.25) is 0 Å². The Balaban J connectivity index is 1.78. The molecule has 1 saturated carbocycles. The van der Waals surface area contributed by atoms with Crippen LogP contribution in [0, 0.1) is 11.8 Å². The molecule has 4 nitrogen and oxygen atoms in total. The number of esters is 1. The van der Waals surface area contributed by atoms with Crippen molar-refractivity contribution in [2.24, 2.45) is 11.8 Å². The summed E-state index contributed by atoms with van der Waals surface area (Å²) >= 11 is 0. The molecule has 146 valence electrons. The second-order valence-electron chi connectivity index (χ2n) is 8.61. The van der Waals surface area contributed by atoms with Crippen LogP contribution in [0.5, 0.6) is 0 Å². The van der Waals surface area contributed by atoms with Crippen LogP contribution in [-0.4, -0.2) is 29.1 Å². The van der Waals surface area contributed by atoms with E-state index in [2.05, 4.69) is 32.9 Å². The zero-order chi connectivity index (χ0) is 19.6. The average molecular weight is 370 g/mol. The Labute approximate surface area is 161 Å². The number of aliphatic hydroxyl groups excluding tert-OH is 1. The van der Waals surface area contributed by atoms with Gasteiger partial charge in [-0.15, -0.1) is 0 Å². The zero-order valence-corrected chi connectivity index (χ0v) is 16.5. The largest absolute Gasteiger partial charge is 0.460 e. The lowest BCUT2D eigenvalue weighted by Gasteiger charge is -2.44. The molecule has 0 bridgehead atoms.